The maximum atomic E-state index is 12.5. The number of ether oxygens (including phenoxy) is 3. The molecule has 2 amide bonds. The molecule has 0 saturated heterocycles. The summed E-state index contributed by atoms with van der Waals surface area (Å²) in [5, 5.41) is 2.89. The van der Waals surface area contributed by atoms with Crippen LogP contribution in [0.2, 0.25) is 0 Å². The van der Waals surface area contributed by atoms with E-state index in [9.17, 15) is 4.79 Å². The van der Waals surface area contributed by atoms with Crippen molar-refractivity contribution in [1.82, 2.24) is 0 Å². The molecule has 0 bridgehead atoms. The first-order chi connectivity index (χ1) is 11.5. The van der Waals surface area contributed by atoms with Gasteiger partial charge in [-0.15, -0.1) is 0 Å². The molecule has 0 aliphatic carbocycles. The minimum Gasteiger partial charge on any atom is -0.493 e. The van der Waals surface area contributed by atoms with Gasteiger partial charge in [0.15, 0.2) is 11.5 Å². The molecule has 0 unspecified atom stereocenters. The summed E-state index contributed by atoms with van der Waals surface area (Å²) in [4.78, 5) is 14.0. The van der Waals surface area contributed by atoms with Crippen molar-refractivity contribution in [2.75, 3.05) is 38.6 Å². The number of hydrogen-bond acceptors (Lipinski definition) is 4. The van der Waals surface area contributed by atoms with E-state index in [1.165, 1.54) is 26.2 Å². The van der Waals surface area contributed by atoms with Crippen LogP contribution >= 0.6 is 0 Å². The lowest BCUT2D eigenvalue weighted by molar-refractivity contribution is 0.258. The number of urea groups is 1. The number of para-hydroxylation sites is 1. The fourth-order valence-corrected chi connectivity index (χ4v) is 2.29. The molecule has 0 fully saturated rings. The summed E-state index contributed by atoms with van der Waals surface area (Å²) >= 11 is 0. The number of aryl methyl sites for hydroxylation is 1. The molecule has 6 nitrogen and oxygen atoms in total. The van der Waals surface area contributed by atoms with Crippen molar-refractivity contribution in [3.63, 3.8) is 0 Å². The summed E-state index contributed by atoms with van der Waals surface area (Å²) in [5.74, 6) is 1.46. The van der Waals surface area contributed by atoms with E-state index < -0.39 is 0 Å². The third-order valence-corrected chi connectivity index (χ3v) is 3.73. The van der Waals surface area contributed by atoms with Crippen molar-refractivity contribution >= 4 is 17.4 Å². The van der Waals surface area contributed by atoms with E-state index in [0.29, 0.717) is 22.9 Å². The van der Waals surface area contributed by atoms with Gasteiger partial charge in [-0.25, -0.2) is 4.79 Å². The Hall–Kier alpha value is -2.89. The number of rotatable bonds is 5. The number of benzene rings is 2. The first-order valence-corrected chi connectivity index (χ1v) is 7.42. The van der Waals surface area contributed by atoms with Crippen LogP contribution in [0.3, 0.4) is 0 Å². The molecule has 1 N–H and O–H groups in total. The molecule has 0 atom stereocenters. The fraction of sp³-hybridized carbons (Fsp3) is 0.278. The number of nitrogens with zero attached hydrogens (tertiary/aromatic N) is 1. The zero-order valence-electron chi connectivity index (χ0n) is 14.5. The average Bonchev–Trinajstić information content (AvgIpc) is 2.61. The molecule has 0 aliphatic heterocycles. The third-order valence-electron chi connectivity index (χ3n) is 3.73. The normalized spacial score (nSPS) is 10.0. The highest BCUT2D eigenvalue weighted by molar-refractivity contribution is 6.02. The van der Waals surface area contributed by atoms with E-state index in [1.807, 2.05) is 31.2 Å². The topological polar surface area (TPSA) is 60.0 Å². The molecule has 128 valence electrons. The molecule has 24 heavy (non-hydrogen) atoms. The van der Waals surface area contributed by atoms with Crippen LogP contribution in [0.15, 0.2) is 36.4 Å². The predicted octanol–water partition coefficient (Wildman–Crippen LogP) is 3.69. The van der Waals surface area contributed by atoms with E-state index in [0.717, 1.165) is 11.3 Å². The number of amides is 2. The average molecular weight is 330 g/mol. The minimum absolute atomic E-state index is 0.265. The SMILES string of the molecule is COc1cc(N(C)C(=O)Nc2ccccc2C)cc(OC)c1OC. The fourth-order valence-electron chi connectivity index (χ4n) is 2.29. The maximum absolute atomic E-state index is 12.5. The van der Waals surface area contributed by atoms with Gasteiger partial charge in [-0.05, 0) is 18.6 Å². The van der Waals surface area contributed by atoms with Crippen LogP contribution in [0.5, 0.6) is 17.2 Å². The number of hydrogen-bond donors (Lipinski definition) is 1. The summed E-state index contributed by atoms with van der Waals surface area (Å²) in [7, 11) is 6.28. The van der Waals surface area contributed by atoms with Crippen molar-refractivity contribution in [2.24, 2.45) is 0 Å². The first-order valence-electron chi connectivity index (χ1n) is 7.42. The van der Waals surface area contributed by atoms with Crippen LogP contribution in [0.1, 0.15) is 5.56 Å². The summed E-state index contributed by atoms with van der Waals surface area (Å²) < 4.78 is 15.9. The molecule has 0 saturated carbocycles. The van der Waals surface area contributed by atoms with Gasteiger partial charge >= 0.3 is 6.03 Å². The van der Waals surface area contributed by atoms with Crippen molar-refractivity contribution in [3.8, 4) is 17.2 Å². The van der Waals surface area contributed by atoms with E-state index in [-0.39, 0.29) is 6.03 Å². The summed E-state index contributed by atoms with van der Waals surface area (Å²) in [6.45, 7) is 1.94. The molecule has 0 heterocycles. The maximum Gasteiger partial charge on any atom is 0.326 e. The Kier molecular flexibility index (Phi) is 5.52. The predicted molar refractivity (Wildman–Crippen MR) is 94.7 cm³/mol. The first kappa shape index (κ1) is 17.5. The van der Waals surface area contributed by atoms with Crippen molar-refractivity contribution in [2.45, 2.75) is 6.92 Å². The van der Waals surface area contributed by atoms with E-state index in [1.54, 1.807) is 19.2 Å². The molecular weight excluding hydrogens is 308 g/mol. The quantitative estimate of drug-likeness (QED) is 0.908. The molecule has 2 aromatic carbocycles. The van der Waals surface area contributed by atoms with Crippen LogP contribution in [0, 0.1) is 6.92 Å². The second kappa shape index (κ2) is 7.59. The molecular formula is C18H22N2O4. The van der Waals surface area contributed by atoms with Crippen LogP contribution in [0.4, 0.5) is 16.2 Å². The molecule has 0 aliphatic rings. The highest BCUT2D eigenvalue weighted by Crippen LogP contribution is 2.40. The van der Waals surface area contributed by atoms with Crippen LogP contribution in [0.25, 0.3) is 0 Å². The number of carbonyl (C=O) groups excluding carboxylic acids is 1. The highest BCUT2D eigenvalue weighted by Gasteiger charge is 2.18. The molecule has 0 spiro atoms. The van der Waals surface area contributed by atoms with Crippen LogP contribution in [-0.2, 0) is 0 Å². The van der Waals surface area contributed by atoms with Gasteiger partial charge in [0.2, 0.25) is 5.75 Å². The minimum atomic E-state index is -0.265. The Balaban J connectivity index is 2.30. The van der Waals surface area contributed by atoms with E-state index in [2.05, 4.69) is 5.32 Å². The largest absolute Gasteiger partial charge is 0.493 e. The highest BCUT2D eigenvalue weighted by atomic mass is 16.5. The monoisotopic (exact) mass is 330 g/mol. The van der Waals surface area contributed by atoms with Crippen molar-refractivity contribution < 1.29 is 19.0 Å². The zero-order chi connectivity index (χ0) is 17.7. The van der Waals surface area contributed by atoms with Crippen molar-refractivity contribution in [3.05, 3.63) is 42.0 Å². The van der Waals surface area contributed by atoms with E-state index in [4.69, 9.17) is 14.2 Å². The molecule has 6 heteroatoms. The molecule has 2 rings (SSSR count). The standard InChI is InChI=1S/C18H22N2O4/c1-12-8-6-7-9-14(12)19-18(21)20(2)13-10-15(22-3)17(24-5)16(11-13)23-4/h6-11H,1-5H3,(H,19,21). The molecule has 2 aromatic rings. The lowest BCUT2D eigenvalue weighted by Crippen LogP contribution is -2.31. The Morgan fingerprint density at radius 2 is 1.58 bits per heavy atom. The van der Waals surface area contributed by atoms with Gasteiger partial charge in [0.25, 0.3) is 0 Å². The van der Waals surface area contributed by atoms with Gasteiger partial charge in [-0.3, -0.25) is 4.90 Å². The zero-order valence-corrected chi connectivity index (χ0v) is 14.5. The van der Waals surface area contributed by atoms with Crippen LogP contribution in [-0.4, -0.2) is 34.4 Å². The smallest absolute Gasteiger partial charge is 0.326 e. The Morgan fingerprint density at radius 3 is 2.08 bits per heavy atom. The Labute approximate surface area is 141 Å². The van der Waals surface area contributed by atoms with E-state index >= 15 is 0 Å². The lowest BCUT2D eigenvalue weighted by atomic mass is 10.2. The number of methoxy groups -OCH3 is 3. The lowest BCUT2D eigenvalue weighted by Gasteiger charge is -2.21. The third kappa shape index (κ3) is 3.53. The number of carbonyl (C=O) groups is 1. The summed E-state index contributed by atoms with van der Waals surface area (Å²) in [5.41, 5.74) is 2.38. The Morgan fingerprint density at radius 1 is 1.00 bits per heavy atom. The number of anilines is 2. The second-order valence-corrected chi connectivity index (χ2v) is 5.19. The number of nitrogens with one attached hydrogen (secondary N) is 1. The van der Waals surface area contributed by atoms with Gasteiger partial charge in [-0.2, -0.15) is 0 Å². The van der Waals surface area contributed by atoms with Gasteiger partial charge in [-0.1, -0.05) is 18.2 Å². The Bertz CT molecular complexity index is 706. The van der Waals surface area contributed by atoms with Gasteiger partial charge < -0.3 is 19.5 Å². The van der Waals surface area contributed by atoms with Crippen molar-refractivity contribution in [1.29, 1.82) is 0 Å². The van der Waals surface area contributed by atoms with Crippen LogP contribution < -0.4 is 24.4 Å². The second-order valence-electron chi connectivity index (χ2n) is 5.19. The molecule has 0 radical (unpaired) electrons. The van der Waals surface area contributed by atoms with Gasteiger partial charge in [0, 0.05) is 24.9 Å². The summed E-state index contributed by atoms with van der Waals surface area (Å²) in [6.07, 6.45) is 0. The molecule has 0 aromatic heterocycles. The van der Waals surface area contributed by atoms with Gasteiger partial charge in [0.05, 0.1) is 27.0 Å². The van der Waals surface area contributed by atoms with Gasteiger partial charge in [0.1, 0.15) is 0 Å². The summed E-state index contributed by atoms with van der Waals surface area (Å²) in [6, 6.07) is 10.8.